The van der Waals surface area contributed by atoms with E-state index >= 15 is 0 Å². The number of hydrogen-bond acceptors (Lipinski definition) is 4. The Bertz CT molecular complexity index is 730. The molecule has 7 heteroatoms. The quantitative estimate of drug-likeness (QED) is 0.688. The van der Waals surface area contributed by atoms with Gasteiger partial charge in [-0.05, 0) is 35.9 Å². The Morgan fingerprint density at radius 3 is 2.52 bits per heavy atom. The van der Waals surface area contributed by atoms with Gasteiger partial charge < -0.3 is 9.47 Å². The summed E-state index contributed by atoms with van der Waals surface area (Å²) < 4.78 is 49.4. The second-order valence-electron chi connectivity index (χ2n) is 4.82. The first kappa shape index (κ1) is 15.2. The summed E-state index contributed by atoms with van der Waals surface area (Å²) in [7, 11) is 0. The zero-order valence-electron chi connectivity index (χ0n) is 11.9. The lowest BCUT2D eigenvalue weighted by atomic mass is 10.2. The van der Waals surface area contributed by atoms with Gasteiger partial charge in [0.1, 0.15) is 13.2 Å². The molecular weight excluding hydrogens is 309 g/mol. The molecule has 2 aromatic rings. The maximum Gasteiger partial charge on any atom is 0.418 e. The Balaban J connectivity index is 1.75. The number of para-hydroxylation sites is 1. The van der Waals surface area contributed by atoms with Gasteiger partial charge in [-0.2, -0.15) is 18.3 Å². The van der Waals surface area contributed by atoms with Crippen molar-refractivity contribution in [3.8, 4) is 11.5 Å². The summed E-state index contributed by atoms with van der Waals surface area (Å²) in [6.45, 7) is 0.959. The fourth-order valence-electron chi connectivity index (χ4n) is 2.14. The van der Waals surface area contributed by atoms with Gasteiger partial charge in [-0.15, -0.1) is 0 Å². The van der Waals surface area contributed by atoms with Gasteiger partial charge in [0.2, 0.25) is 0 Å². The van der Waals surface area contributed by atoms with E-state index in [0.717, 1.165) is 6.07 Å². The summed E-state index contributed by atoms with van der Waals surface area (Å²) >= 11 is 0. The van der Waals surface area contributed by atoms with Crippen LogP contribution in [0.1, 0.15) is 11.1 Å². The Morgan fingerprint density at radius 1 is 1.00 bits per heavy atom. The second-order valence-corrected chi connectivity index (χ2v) is 4.82. The highest BCUT2D eigenvalue weighted by atomic mass is 19.4. The van der Waals surface area contributed by atoms with Crippen LogP contribution in [0.2, 0.25) is 0 Å². The Morgan fingerprint density at radius 2 is 1.74 bits per heavy atom. The van der Waals surface area contributed by atoms with Gasteiger partial charge >= 0.3 is 6.18 Å². The third-order valence-electron chi connectivity index (χ3n) is 3.20. The van der Waals surface area contributed by atoms with Gasteiger partial charge in [0.05, 0.1) is 17.5 Å². The molecule has 0 aliphatic carbocycles. The van der Waals surface area contributed by atoms with E-state index < -0.39 is 11.7 Å². The molecule has 4 nitrogen and oxygen atoms in total. The predicted molar refractivity (Wildman–Crippen MR) is 80.1 cm³/mol. The lowest BCUT2D eigenvalue weighted by molar-refractivity contribution is -0.136. The van der Waals surface area contributed by atoms with Crippen molar-refractivity contribution in [3.05, 3.63) is 53.6 Å². The van der Waals surface area contributed by atoms with Crippen molar-refractivity contribution in [1.29, 1.82) is 0 Å². The van der Waals surface area contributed by atoms with E-state index in [1.807, 2.05) is 0 Å². The number of halogens is 3. The molecule has 2 aromatic carbocycles. The third-order valence-corrected chi connectivity index (χ3v) is 3.20. The first-order valence-corrected chi connectivity index (χ1v) is 6.89. The summed E-state index contributed by atoms with van der Waals surface area (Å²) in [6.07, 6.45) is -3.01. The average molecular weight is 322 g/mol. The van der Waals surface area contributed by atoms with Gasteiger partial charge in [0, 0.05) is 0 Å². The summed E-state index contributed by atoms with van der Waals surface area (Å²) in [6, 6.07) is 10.4. The van der Waals surface area contributed by atoms with Gasteiger partial charge in [-0.3, -0.25) is 5.43 Å². The number of hydrogen-bond donors (Lipinski definition) is 1. The fraction of sp³-hybridized carbons (Fsp3) is 0.188. The van der Waals surface area contributed by atoms with E-state index in [-0.39, 0.29) is 5.69 Å². The summed E-state index contributed by atoms with van der Waals surface area (Å²) in [4.78, 5) is 0. The highest BCUT2D eigenvalue weighted by Gasteiger charge is 2.33. The van der Waals surface area contributed by atoms with Crippen LogP contribution in [0.15, 0.2) is 47.6 Å². The van der Waals surface area contributed by atoms with Crippen LogP contribution >= 0.6 is 0 Å². The van der Waals surface area contributed by atoms with Crippen molar-refractivity contribution in [1.82, 2.24) is 0 Å². The molecule has 0 bridgehead atoms. The Labute approximate surface area is 130 Å². The van der Waals surface area contributed by atoms with Crippen LogP contribution in [0.3, 0.4) is 0 Å². The molecule has 0 saturated carbocycles. The van der Waals surface area contributed by atoms with Crippen molar-refractivity contribution in [2.45, 2.75) is 6.18 Å². The van der Waals surface area contributed by atoms with Gasteiger partial charge in [-0.25, -0.2) is 0 Å². The molecule has 0 fully saturated rings. The van der Waals surface area contributed by atoms with Gasteiger partial charge in [0.25, 0.3) is 0 Å². The summed E-state index contributed by atoms with van der Waals surface area (Å²) in [5, 5.41) is 3.86. The lowest BCUT2D eigenvalue weighted by Crippen LogP contribution is -2.15. The molecule has 0 saturated heterocycles. The van der Waals surface area contributed by atoms with Crippen molar-refractivity contribution < 1.29 is 22.6 Å². The maximum absolute atomic E-state index is 12.9. The topological polar surface area (TPSA) is 42.9 Å². The van der Waals surface area contributed by atoms with E-state index in [1.165, 1.54) is 24.4 Å². The Hall–Kier alpha value is -2.70. The van der Waals surface area contributed by atoms with Crippen LogP contribution in [0, 0.1) is 0 Å². The Kier molecular flexibility index (Phi) is 4.10. The molecule has 23 heavy (non-hydrogen) atoms. The van der Waals surface area contributed by atoms with Crippen molar-refractivity contribution in [3.63, 3.8) is 0 Å². The van der Waals surface area contributed by atoms with Crippen molar-refractivity contribution >= 4 is 11.9 Å². The summed E-state index contributed by atoms with van der Waals surface area (Å²) in [5.41, 5.74) is 2.24. The molecule has 0 atom stereocenters. The van der Waals surface area contributed by atoms with E-state index in [2.05, 4.69) is 10.5 Å². The fourth-order valence-corrected chi connectivity index (χ4v) is 2.14. The molecule has 0 spiro atoms. The normalized spacial score (nSPS) is 14.0. The number of ether oxygens (including phenoxy) is 2. The molecule has 1 aliphatic rings. The number of anilines is 1. The minimum Gasteiger partial charge on any atom is -0.486 e. The van der Waals surface area contributed by atoms with Crippen LogP contribution in [0.25, 0.3) is 0 Å². The predicted octanol–water partition coefficient (Wildman–Crippen LogP) is 3.92. The first-order valence-electron chi connectivity index (χ1n) is 6.89. The average Bonchev–Trinajstić information content (AvgIpc) is 2.54. The van der Waals surface area contributed by atoms with Gasteiger partial charge in [-0.1, -0.05) is 12.1 Å². The number of hydrazone groups is 1. The number of benzene rings is 2. The SMILES string of the molecule is FC(F)(F)c1ccccc1N/N=C\c1ccc2c(c1)OCCO2. The minimum absolute atomic E-state index is 0.103. The molecule has 0 unspecified atom stereocenters. The number of rotatable bonds is 3. The smallest absolute Gasteiger partial charge is 0.418 e. The van der Waals surface area contributed by atoms with Crippen LogP contribution in [-0.2, 0) is 6.18 Å². The lowest BCUT2D eigenvalue weighted by Gasteiger charge is -2.18. The summed E-state index contributed by atoms with van der Waals surface area (Å²) in [5.74, 6) is 1.24. The molecule has 1 N–H and O–H groups in total. The number of nitrogens with zero attached hydrogens (tertiary/aromatic N) is 1. The number of nitrogens with one attached hydrogen (secondary N) is 1. The largest absolute Gasteiger partial charge is 0.486 e. The molecule has 1 aliphatic heterocycles. The van der Waals surface area contributed by atoms with Crippen LogP contribution in [0.4, 0.5) is 18.9 Å². The van der Waals surface area contributed by atoms with E-state index in [0.29, 0.717) is 30.3 Å². The molecule has 3 rings (SSSR count). The monoisotopic (exact) mass is 322 g/mol. The molecule has 0 radical (unpaired) electrons. The highest BCUT2D eigenvalue weighted by molar-refractivity contribution is 5.81. The van der Waals surface area contributed by atoms with Crippen LogP contribution < -0.4 is 14.9 Å². The molecule has 0 aromatic heterocycles. The molecule has 120 valence electrons. The van der Waals surface area contributed by atoms with Crippen LogP contribution in [-0.4, -0.2) is 19.4 Å². The van der Waals surface area contributed by atoms with E-state index in [4.69, 9.17) is 9.47 Å². The molecule has 0 amide bonds. The zero-order valence-corrected chi connectivity index (χ0v) is 11.9. The highest BCUT2D eigenvalue weighted by Crippen LogP contribution is 2.34. The zero-order chi connectivity index (χ0) is 16.3. The molecule has 1 heterocycles. The molecular formula is C16H13F3N2O2. The van der Waals surface area contributed by atoms with Crippen molar-refractivity contribution in [2.24, 2.45) is 5.10 Å². The number of fused-ring (bicyclic) bond motifs is 1. The second kappa shape index (κ2) is 6.20. The van der Waals surface area contributed by atoms with Gasteiger partial charge in [0.15, 0.2) is 11.5 Å². The maximum atomic E-state index is 12.9. The van der Waals surface area contributed by atoms with E-state index in [1.54, 1.807) is 18.2 Å². The van der Waals surface area contributed by atoms with E-state index in [9.17, 15) is 13.2 Å². The first-order chi connectivity index (χ1) is 11.0. The van der Waals surface area contributed by atoms with Crippen LogP contribution in [0.5, 0.6) is 11.5 Å². The number of alkyl halides is 3. The minimum atomic E-state index is -4.43. The van der Waals surface area contributed by atoms with Crippen molar-refractivity contribution in [2.75, 3.05) is 18.6 Å². The third kappa shape index (κ3) is 3.56. The standard InChI is InChI=1S/C16H13F3N2O2/c17-16(18,19)12-3-1-2-4-13(12)21-20-10-11-5-6-14-15(9-11)23-8-7-22-14/h1-6,9-10,21H,7-8H2/b20-10-.